The number of alkyl halides is 1. The zero-order valence-corrected chi connectivity index (χ0v) is 9.07. The molecule has 0 aromatic heterocycles. The summed E-state index contributed by atoms with van der Waals surface area (Å²) in [6.07, 6.45) is 0.133. The van der Waals surface area contributed by atoms with Gasteiger partial charge >= 0.3 is 51.4 Å². The molecule has 0 radical (unpaired) electrons. The van der Waals surface area contributed by atoms with Gasteiger partial charge in [-0.15, -0.1) is 0 Å². The van der Waals surface area contributed by atoms with Crippen molar-refractivity contribution in [1.82, 2.24) is 0 Å². The van der Waals surface area contributed by atoms with Gasteiger partial charge in [-0.05, 0) is 0 Å². The summed E-state index contributed by atoms with van der Waals surface area (Å²) in [5.74, 6) is 0. The Labute approximate surface area is 98.3 Å². The van der Waals surface area contributed by atoms with Crippen molar-refractivity contribution in [2.45, 2.75) is 6.42 Å². The van der Waals surface area contributed by atoms with Gasteiger partial charge in [0.15, 0.2) is 0 Å². The second kappa shape index (κ2) is 9.64. The van der Waals surface area contributed by atoms with Gasteiger partial charge in [0.25, 0.3) is 0 Å². The molecule has 0 bridgehead atoms. The average Bonchev–Trinajstić information content (AvgIpc) is 1.66. The van der Waals surface area contributed by atoms with Gasteiger partial charge in [0.2, 0.25) is 0 Å². The smallest absolute Gasteiger partial charge is 0.750 e. The van der Waals surface area contributed by atoms with Gasteiger partial charge in [-0.25, -0.2) is 4.21 Å². The van der Waals surface area contributed by atoms with Crippen LogP contribution >= 0.6 is 0 Å². The maximum atomic E-state index is 11.2. The summed E-state index contributed by atoms with van der Waals surface area (Å²) in [4.78, 5) is 0. The fourth-order valence-corrected chi connectivity index (χ4v) is 0.435. The summed E-state index contributed by atoms with van der Waals surface area (Å²) in [5, 5.41) is 0. The Bertz CT molecular complexity index is 81.5. The molecule has 0 saturated carbocycles. The monoisotopic (exact) mass is 180 g/mol. The molecule has 0 aliphatic carbocycles. The molecular formula is C3H6FKO3S. The van der Waals surface area contributed by atoms with E-state index < -0.39 is 18.0 Å². The molecule has 9 heavy (non-hydrogen) atoms. The van der Waals surface area contributed by atoms with E-state index in [0.29, 0.717) is 0 Å². The van der Waals surface area contributed by atoms with E-state index in [9.17, 15) is 13.2 Å². The van der Waals surface area contributed by atoms with E-state index in [4.69, 9.17) is 0 Å². The van der Waals surface area contributed by atoms with E-state index in [-0.39, 0.29) is 64.4 Å². The Kier molecular flexibility index (Phi) is 14.2. The average molecular weight is 180 g/mol. The van der Waals surface area contributed by atoms with Crippen LogP contribution in [-0.4, -0.2) is 22.0 Å². The maximum absolute atomic E-state index is 11.2. The quantitative estimate of drug-likeness (QED) is 0.266. The molecule has 0 heterocycles. The van der Waals surface area contributed by atoms with Crippen LogP contribution in [-0.2, 0) is 15.5 Å². The summed E-state index contributed by atoms with van der Waals surface area (Å²) >= 11 is -2.48. The topological polar surface area (TPSA) is 49.4 Å². The zero-order chi connectivity index (χ0) is 6.41. The zero-order valence-electron chi connectivity index (χ0n) is 5.13. The molecule has 0 amide bonds. The third-order valence-corrected chi connectivity index (χ3v) is 0.817. The minimum Gasteiger partial charge on any atom is -0.750 e. The number of halogens is 1. The van der Waals surface area contributed by atoms with E-state index in [1.165, 1.54) is 0 Å². The van der Waals surface area contributed by atoms with E-state index in [0.717, 1.165) is 0 Å². The van der Waals surface area contributed by atoms with Crippen molar-refractivity contribution < 1.29 is 68.7 Å². The second-order valence-corrected chi connectivity index (χ2v) is 1.71. The van der Waals surface area contributed by atoms with Crippen LogP contribution < -0.4 is 51.4 Å². The molecule has 0 saturated heterocycles. The largest absolute Gasteiger partial charge is 1.00 e. The summed E-state index contributed by atoms with van der Waals surface area (Å²) in [5.41, 5.74) is 0. The van der Waals surface area contributed by atoms with Crippen molar-refractivity contribution in [2.75, 3.05) is 13.3 Å². The van der Waals surface area contributed by atoms with Gasteiger partial charge < -0.3 is 8.74 Å². The minimum atomic E-state index is -2.48. The fraction of sp³-hybridized carbons (Fsp3) is 1.00. The molecule has 1 atom stereocenters. The van der Waals surface area contributed by atoms with Gasteiger partial charge in [-0.2, -0.15) is 0 Å². The maximum Gasteiger partial charge on any atom is 1.00 e. The molecule has 0 aliphatic rings. The van der Waals surface area contributed by atoms with E-state index >= 15 is 0 Å². The molecule has 0 aromatic rings. The molecule has 3 nitrogen and oxygen atoms in total. The van der Waals surface area contributed by atoms with E-state index in [1.54, 1.807) is 0 Å². The third kappa shape index (κ3) is 12.8. The molecule has 0 fully saturated rings. The second-order valence-electron chi connectivity index (χ2n) is 1.07. The normalized spacial score (nSPS) is 12.2. The van der Waals surface area contributed by atoms with Crippen molar-refractivity contribution in [3.05, 3.63) is 0 Å². The number of hydrogen-bond donors (Lipinski definition) is 0. The molecule has 0 aliphatic heterocycles. The van der Waals surface area contributed by atoms with Crippen LogP contribution in [0.2, 0.25) is 0 Å². The van der Waals surface area contributed by atoms with Gasteiger partial charge in [0.1, 0.15) is 0 Å². The van der Waals surface area contributed by atoms with Crippen LogP contribution in [0.15, 0.2) is 0 Å². The summed E-state index contributed by atoms with van der Waals surface area (Å²) < 4.78 is 34.2. The standard InChI is InChI=1S/C3H7FO3S.K/c4-2-1-3-7-8(5)6;/h1-3H2,(H,5,6);/q;+1/p-1. The summed E-state index contributed by atoms with van der Waals surface area (Å²) in [6.45, 7) is -0.607. The molecule has 50 valence electrons. The first-order valence-corrected chi connectivity index (χ1v) is 3.06. The van der Waals surface area contributed by atoms with Crippen LogP contribution in [0.5, 0.6) is 0 Å². The molecule has 0 aromatic carbocycles. The third-order valence-electron chi connectivity index (χ3n) is 0.458. The van der Waals surface area contributed by atoms with Crippen molar-refractivity contribution in [3.8, 4) is 0 Å². The fourth-order valence-electron chi connectivity index (χ4n) is 0.182. The van der Waals surface area contributed by atoms with Gasteiger partial charge in [-0.3, -0.25) is 4.39 Å². The number of hydrogen-bond acceptors (Lipinski definition) is 3. The van der Waals surface area contributed by atoms with Crippen LogP contribution in [0.25, 0.3) is 0 Å². The van der Waals surface area contributed by atoms with Crippen molar-refractivity contribution in [3.63, 3.8) is 0 Å². The Balaban J connectivity index is 0. The molecule has 1 unspecified atom stereocenters. The van der Waals surface area contributed by atoms with Crippen molar-refractivity contribution in [2.24, 2.45) is 0 Å². The van der Waals surface area contributed by atoms with Crippen molar-refractivity contribution in [1.29, 1.82) is 0 Å². The minimum absolute atomic E-state index is 0. The predicted molar refractivity (Wildman–Crippen MR) is 25.5 cm³/mol. The number of rotatable bonds is 4. The summed E-state index contributed by atoms with van der Waals surface area (Å²) in [6, 6.07) is 0. The van der Waals surface area contributed by atoms with Crippen LogP contribution in [0.4, 0.5) is 4.39 Å². The molecule has 0 spiro atoms. The first-order chi connectivity index (χ1) is 3.77. The van der Waals surface area contributed by atoms with Crippen LogP contribution in [0.1, 0.15) is 6.42 Å². The van der Waals surface area contributed by atoms with Gasteiger partial charge in [-0.1, -0.05) is 0 Å². The van der Waals surface area contributed by atoms with Crippen LogP contribution in [0.3, 0.4) is 0 Å². The van der Waals surface area contributed by atoms with Crippen molar-refractivity contribution >= 4 is 11.4 Å². The molecule has 0 N–H and O–H groups in total. The predicted octanol–water partition coefficient (Wildman–Crippen LogP) is -2.84. The van der Waals surface area contributed by atoms with E-state index in [1.807, 2.05) is 0 Å². The molecule has 6 heteroatoms. The Morgan fingerprint density at radius 3 is 2.56 bits per heavy atom. The Morgan fingerprint density at radius 1 is 1.67 bits per heavy atom. The van der Waals surface area contributed by atoms with Gasteiger partial charge in [0, 0.05) is 6.42 Å². The molecule has 0 rings (SSSR count). The Morgan fingerprint density at radius 2 is 2.22 bits per heavy atom. The van der Waals surface area contributed by atoms with E-state index in [2.05, 4.69) is 4.18 Å². The Hall–Kier alpha value is 1.64. The first kappa shape index (κ1) is 13.2. The first-order valence-electron chi connectivity index (χ1n) is 2.06. The van der Waals surface area contributed by atoms with Gasteiger partial charge in [0.05, 0.1) is 24.6 Å². The van der Waals surface area contributed by atoms with Crippen LogP contribution in [0, 0.1) is 0 Å². The molecular weight excluding hydrogens is 174 g/mol. The summed E-state index contributed by atoms with van der Waals surface area (Å²) in [7, 11) is 0. The SMILES string of the molecule is O=S([O-])OCCCF.[K+].